The molecule has 0 saturated heterocycles. The molecular weight excluding hydrogens is 214 g/mol. The van der Waals surface area contributed by atoms with Crippen LogP contribution in [0.2, 0.25) is 0 Å². The van der Waals surface area contributed by atoms with Crippen molar-refractivity contribution in [2.75, 3.05) is 11.9 Å². The normalized spacial score (nSPS) is 10.5. The van der Waals surface area contributed by atoms with Crippen molar-refractivity contribution in [2.24, 2.45) is 0 Å². The largest absolute Gasteiger partial charge is 0.494 e. The molecule has 94 valence electrons. The molecule has 0 aliphatic carbocycles. The van der Waals surface area contributed by atoms with Gasteiger partial charge in [0.1, 0.15) is 5.75 Å². The van der Waals surface area contributed by atoms with Gasteiger partial charge in [0.05, 0.1) is 6.61 Å². The third kappa shape index (κ3) is 3.48. The van der Waals surface area contributed by atoms with E-state index in [9.17, 15) is 4.79 Å². The summed E-state index contributed by atoms with van der Waals surface area (Å²) in [4.78, 5) is 11.1. The minimum Gasteiger partial charge on any atom is -0.494 e. The maximum absolute atomic E-state index is 11.1. The zero-order valence-electron chi connectivity index (χ0n) is 11.3. The number of hydrogen-bond donors (Lipinski definition) is 1. The predicted molar refractivity (Wildman–Crippen MR) is 70.7 cm³/mol. The second-order valence-electron chi connectivity index (χ2n) is 4.47. The van der Waals surface area contributed by atoms with Gasteiger partial charge in [-0.05, 0) is 43.0 Å². The number of ether oxygens (including phenoxy) is 1. The summed E-state index contributed by atoms with van der Waals surface area (Å²) >= 11 is 0. The van der Waals surface area contributed by atoms with Gasteiger partial charge in [0, 0.05) is 12.6 Å². The topological polar surface area (TPSA) is 38.3 Å². The van der Waals surface area contributed by atoms with E-state index in [1.165, 1.54) is 6.92 Å². The summed E-state index contributed by atoms with van der Waals surface area (Å²) in [5.41, 5.74) is 3.01. The Labute approximate surface area is 103 Å². The van der Waals surface area contributed by atoms with Gasteiger partial charge in [-0.2, -0.15) is 0 Å². The molecule has 0 heterocycles. The number of anilines is 1. The molecule has 0 saturated carbocycles. The van der Waals surface area contributed by atoms with Gasteiger partial charge in [0.2, 0.25) is 5.91 Å². The number of aryl methyl sites for hydroxylation is 1. The van der Waals surface area contributed by atoms with E-state index in [-0.39, 0.29) is 5.91 Å². The third-order valence-electron chi connectivity index (χ3n) is 2.59. The fourth-order valence-electron chi connectivity index (χ4n) is 1.75. The van der Waals surface area contributed by atoms with E-state index in [4.69, 9.17) is 4.74 Å². The summed E-state index contributed by atoms with van der Waals surface area (Å²) in [6.07, 6.45) is 0. The average molecular weight is 235 g/mol. The lowest BCUT2D eigenvalue weighted by Gasteiger charge is -2.17. The van der Waals surface area contributed by atoms with Crippen LogP contribution in [0.5, 0.6) is 5.75 Å². The highest BCUT2D eigenvalue weighted by Crippen LogP contribution is 2.32. The lowest BCUT2D eigenvalue weighted by Crippen LogP contribution is -2.09. The maximum Gasteiger partial charge on any atom is 0.221 e. The highest BCUT2D eigenvalue weighted by Gasteiger charge is 2.12. The van der Waals surface area contributed by atoms with Crippen LogP contribution in [0.3, 0.4) is 0 Å². The van der Waals surface area contributed by atoms with E-state index in [0.717, 1.165) is 22.6 Å². The minimum absolute atomic E-state index is 0.0491. The number of carbonyl (C=O) groups excluding carboxylic acids is 1. The Kier molecular flexibility index (Phi) is 4.55. The van der Waals surface area contributed by atoms with Crippen LogP contribution in [0.15, 0.2) is 12.1 Å². The SMILES string of the molecule is CCOc1cc(C)c(NC(C)=O)cc1C(C)C. The van der Waals surface area contributed by atoms with Crippen molar-refractivity contribution in [1.82, 2.24) is 0 Å². The van der Waals surface area contributed by atoms with Crippen LogP contribution >= 0.6 is 0 Å². The monoisotopic (exact) mass is 235 g/mol. The third-order valence-corrected chi connectivity index (χ3v) is 2.59. The molecule has 17 heavy (non-hydrogen) atoms. The Hall–Kier alpha value is -1.51. The Morgan fingerprint density at radius 3 is 2.53 bits per heavy atom. The molecule has 0 unspecified atom stereocenters. The van der Waals surface area contributed by atoms with Crippen LogP contribution < -0.4 is 10.1 Å². The standard InChI is InChI=1S/C14H21NO2/c1-6-17-14-7-10(4)13(15-11(5)16)8-12(14)9(2)3/h7-9H,6H2,1-5H3,(H,15,16). The lowest BCUT2D eigenvalue weighted by atomic mass is 9.99. The first kappa shape index (κ1) is 13.6. The molecule has 1 rings (SSSR count). The molecule has 0 spiro atoms. The van der Waals surface area contributed by atoms with Gasteiger partial charge in [-0.1, -0.05) is 13.8 Å². The summed E-state index contributed by atoms with van der Waals surface area (Å²) in [5.74, 6) is 1.23. The van der Waals surface area contributed by atoms with Crippen molar-refractivity contribution in [3.63, 3.8) is 0 Å². The number of benzene rings is 1. The van der Waals surface area contributed by atoms with Crippen molar-refractivity contribution in [3.05, 3.63) is 23.3 Å². The quantitative estimate of drug-likeness (QED) is 0.867. The van der Waals surface area contributed by atoms with Crippen molar-refractivity contribution >= 4 is 11.6 Å². The Morgan fingerprint density at radius 2 is 2.06 bits per heavy atom. The Morgan fingerprint density at radius 1 is 1.41 bits per heavy atom. The Bertz CT molecular complexity index is 411. The fourth-order valence-corrected chi connectivity index (χ4v) is 1.75. The van der Waals surface area contributed by atoms with Gasteiger partial charge >= 0.3 is 0 Å². The summed E-state index contributed by atoms with van der Waals surface area (Å²) < 4.78 is 5.63. The molecule has 3 heteroatoms. The molecule has 0 aliphatic rings. The van der Waals surface area contributed by atoms with E-state index in [1.807, 2.05) is 26.0 Å². The molecule has 0 bridgehead atoms. The first-order valence-corrected chi connectivity index (χ1v) is 6.00. The van der Waals surface area contributed by atoms with Crippen LogP contribution in [0, 0.1) is 6.92 Å². The van der Waals surface area contributed by atoms with E-state index < -0.39 is 0 Å². The molecule has 0 atom stereocenters. The van der Waals surface area contributed by atoms with Crippen LogP contribution in [-0.2, 0) is 4.79 Å². The van der Waals surface area contributed by atoms with Crippen molar-refractivity contribution in [1.29, 1.82) is 0 Å². The average Bonchev–Trinajstić information content (AvgIpc) is 2.21. The van der Waals surface area contributed by atoms with E-state index in [1.54, 1.807) is 0 Å². The molecule has 0 radical (unpaired) electrons. The van der Waals surface area contributed by atoms with Crippen LogP contribution in [0.25, 0.3) is 0 Å². The number of hydrogen-bond acceptors (Lipinski definition) is 2. The molecule has 1 amide bonds. The summed E-state index contributed by atoms with van der Waals surface area (Å²) in [7, 11) is 0. The number of rotatable bonds is 4. The second-order valence-corrected chi connectivity index (χ2v) is 4.47. The number of amides is 1. The van der Waals surface area contributed by atoms with Crippen LogP contribution in [-0.4, -0.2) is 12.5 Å². The van der Waals surface area contributed by atoms with Gasteiger partial charge in [0.15, 0.2) is 0 Å². The molecule has 0 aromatic heterocycles. The predicted octanol–water partition coefficient (Wildman–Crippen LogP) is 3.48. The Balaban J connectivity index is 3.19. The summed E-state index contributed by atoms with van der Waals surface area (Å²) in [5, 5.41) is 2.84. The zero-order chi connectivity index (χ0) is 13.0. The number of nitrogens with one attached hydrogen (secondary N) is 1. The molecular formula is C14H21NO2. The number of carbonyl (C=O) groups is 1. The summed E-state index contributed by atoms with van der Waals surface area (Å²) in [6.45, 7) is 10.3. The van der Waals surface area contributed by atoms with Gasteiger partial charge in [0.25, 0.3) is 0 Å². The van der Waals surface area contributed by atoms with E-state index >= 15 is 0 Å². The van der Waals surface area contributed by atoms with Crippen LogP contribution in [0.1, 0.15) is 44.7 Å². The molecule has 3 nitrogen and oxygen atoms in total. The van der Waals surface area contributed by atoms with Crippen molar-refractivity contribution in [3.8, 4) is 5.75 Å². The molecule has 0 aliphatic heterocycles. The zero-order valence-corrected chi connectivity index (χ0v) is 11.3. The van der Waals surface area contributed by atoms with Gasteiger partial charge in [-0.3, -0.25) is 4.79 Å². The van der Waals surface area contributed by atoms with Gasteiger partial charge in [-0.15, -0.1) is 0 Å². The maximum atomic E-state index is 11.1. The highest BCUT2D eigenvalue weighted by atomic mass is 16.5. The van der Waals surface area contributed by atoms with Crippen LogP contribution in [0.4, 0.5) is 5.69 Å². The first-order chi connectivity index (χ1) is 7.95. The second kappa shape index (κ2) is 5.71. The molecule has 0 fully saturated rings. The lowest BCUT2D eigenvalue weighted by molar-refractivity contribution is -0.114. The van der Waals surface area contributed by atoms with Crippen molar-refractivity contribution in [2.45, 2.75) is 40.5 Å². The van der Waals surface area contributed by atoms with E-state index in [2.05, 4.69) is 19.2 Å². The highest BCUT2D eigenvalue weighted by molar-refractivity contribution is 5.89. The summed E-state index contributed by atoms with van der Waals surface area (Å²) in [6, 6.07) is 4.00. The molecule has 1 aromatic carbocycles. The van der Waals surface area contributed by atoms with Crippen molar-refractivity contribution < 1.29 is 9.53 Å². The van der Waals surface area contributed by atoms with Gasteiger partial charge in [-0.25, -0.2) is 0 Å². The van der Waals surface area contributed by atoms with Gasteiger partial charge < -0.3 is 10.1 Å². The minimum atomic E-state index is -0.0491. The fraction of sp³-hybridized carbons (Fsp3) is 0.500. The molecule has 1 N–H and O–H groups in total. The smallest absolute Gasteiger partial charge is 0.221 e. The molecule has 1 aromatic rings. The first-order valence-electron chi connectivity index (χ1n) is 6.00. The van der Waals surface area contributed by atoms with E-state index in [0.29, 0.717) is 12.5 Å².